The molecular weight excluding hydrogens is 817 g/mol. The average molecular weight is 893 g/mol. The van der Waals surface area contributed by atoms with E-state index in [2.05, 4.69) is 19.1 Å². The molecule has 0 aromatic heterocycles. The third kappa shape index (κ3) is 13.0. The van der Waals surface area contributed by atoms with Crippen molar-refractivity contribution in [3.63, 3.8) is 0 Å². The molecule has 356 valence electrons. The Bertz CT molecular complexity index is 1830. The number of nitrogens with zero attached hydrogens (tertiary/aromatic N) is 1. The Hall–Kier alpha value is -3.72. The topological polar surface area (TPSA) is 184 Å². The fraction of sp³-hybridized carbons (Fsp3) is 0.686. The molecule has 1 aromatic carbocycles. The summed E-state index contributed by atoms with van der Waals surface area (Å²) in [5.74, 6) is -6.05. The number of fused-ring (bicyclic) bond motifs is 3. The molecule has 1 aromatic rings. The first-order valence-corrected chi connectivity index (χ1v) is 23.7. The number of allylic oxidation sites excluding steroid dienone is 3. The summed E-state index contributed by atoms with van der Waals surface area (Å²) in [6, 6.07) is 5.73. The SMILES string of the molecule is CCC1/C=C(\C)CC(C)CC(OC)C2OC(O)(C(=O)C(=O)N3CCCCC3C(=O)OC(C(C)=CC3CCC(N)C(OCC=Cc4ccc(O)cc4)C3)C(C)CCC1=O)C(C)CC2OC. The van der Waals surface area contributed by atoms with E-state index < -0.39 is 59.8 Å². The normalized spacial score (nSPS) is 36.8. The number of piperidine rings is 1. The third-order valence-corrected chi connectivity index (χ3v) is 14.2. The van der Waals surface area contributed by atoms with Gasteiger partial charge in [0, 0.05) is 45.1 Å². The second kappa shape index (κ2) is 23.6. The van der Waals surface area contributed by atoms with Gasteiger partial charge < -0.3 is 44.5 Å². The molecule has 2 bridgehead atoms. The molecule has 0 spiro atoms. The Labute approximate surface area is 381 Å². The lowest BCUT2D eigenvalue weighted by Crippen LogP contribution is -2.64. The van der Waals surface area contributed by atoms with Gasteiger partial charge in [0.05, 0.1) is 24.9 Å². The van der Waals surface area contributed by atoms with Crippen LogP contribution in [-0.2, 0) is 42.9 Å². The number of ketones is 2. The van der Waals surface area contributed by atoms with E-state index in [9.17, 15) is 29.4 Å². The summed E-state index contributed by atoms with van der Waals surface area (Å²) in [6.07, 6.45) is 11.8. The molecule has 1 saturated carbocycles. The van der Waals surface area contributed by atoms with Crippen molar-refractivity contribution >= 4 is 29.5 Å². The van der Waals surface area contributed by atoms with E-state index in [1.54, 1.807) is 33.3 Å². The molecule has 13 atom stereocenters. The van der Waals surface area contributed by atoms with Crippen molar-refractivity contribution in [1.29, 1.82) is 0 Å². The number of benzene rings is 1. The highest BCUT2D eigenvalue weighted by atomic mass is 16.7. The van der Waals surface area contributed by atoms with Crippen molar-refractivity contribution < 1.29 is 53.1 Å². The highest BCUT2D eigenvalue weighted by Crippen LogP contribution is 2.39. The van der Waals surface area contributed by atoms with Crippen LogP contribution in [0.25, 0.3) is 6.08 Å². The van der Waals surface area contributed by atoms with E-state index in [1.165, 1.54) is 4.90 Å². The standard InChI is InChI=1S/C51H76N2O11/c1-9-38-26-31(2)25-32(3)27-44(60-7)47-45(61-8)29-35(6)51(59,64-47)48(56)49(57)53-23-11-10-14-41(53)50(58)63-46(33(4)15-22-42(38)55)34(5)28-37-18-21-40(52)43(30-37)62-24-12-13-36-16-19-39(54)20-17-36/h12-13,16-17,19-20,26,28,32-33,35,37-38,40-41,43-47,54,59H,9-11,14-15,18,21-25,27,29-30,52H2,1-8H3/b13-12?,31-26+,34-28?. The van der Waals surface area contributed by atoms with Crippen molar-refractivity contribution in [2.24, 2.45) is 35.3 Å². The number of aromatic hydroxyl groups is 1. The molecule has 3 fully saturated rings. The molecule has 5 rings (SSSR count). The highest BCUT2D eigenvalue weighted by molar-refractivity contribution is 6.39. The summed E-state index contributed by atoms with van der Waals surface area (Å²) in [5, 5.41) is 21.7. The molecule has 13 nitrogen and oxygen atoms in total. The number of rotatable bonds is 9. The van der Waals surface area contributed by atoms with Gasteiger partial charge in [0.1, 0.15) is 29.8 Å². The first-order valence-electron chi connectivity index (χ1n) is 23.7. The minimum absolute atomic E-state index is 0.0803. The van der Waals surface area contributed by atoms with Gasteiger partial charge in [0.15, 0.2) is 0 Å². The quantitative estimate of drug-likeness (QED) is 0.128. The van der Waals surface area contributed by atoms with Gasteiger partial charge in [0.25, 0.3) is 11.7 Å². The molecule has 1 amide bonds. The van der Waals surface area contributed by atoms with Gasteiger partial charge in [-0.2, -0.15) is 0 Å². The zero-order chi connectivity index (χ0) is 46.7. The van der Waals surface area contributed by atoms with Gasteiger partial charge in [-0.3, -0.25) is 14.4 Å². The number of methoxy groups -OCH3 is 2. The maximum Gasteiger partial charge on any atom is 0.329 e. The van der Waals surface area contributed by atoms with Crippen LogP contribution in [0.4, 0.5) is 0 Å². The predicted octanol–water partition coefficient (Wildman–Crippen LogP) is 7.26. The molecule has 4 N–H and O–H groups in total. The third-order valence-electron chi connectivity index (χ3n) is 14.2. The monoisotopic (exact) mass is 893 g/mol. The van der Waals surface area contributed by atoms with Crippen molar-refractivity contribution in [3.05, 3.63) is 59.2 Å². The van der Waals surface area contributed by atoms with E-state index in [1.807, 2.05) is 52.0 Å². The number of carbonyl (C=O) groups excluding carboxylic acids is 4. The van der Waals surface area contributed by atoms with Crippen LogP contribution in [0.5, 0.6) is 5.75 Å². The smallest absolute Gasteiger partial charge is 0.329 e. The number of ether oxygens (including phenoxy) is 5. The lowest BCUT2D eigenvalue weighted by atomic mass is 9.81. The van der Waals surface area contributed by atoms with Gasteiger partial charge in [-0.15, -0.1) is 0 Å². The maximum absolute atomic E-state index is 14.5. The van der Waals surface area contributed by atoms with Gasteiger partial charge in [-0.1, -0.05) is 69.7 Å². The molecule has 2 saturated heterocycles. The molecule has 0 radical (unpaired) electrons. The second-order valence-electron chi connectivity index (χ2n) is 19.2. The first-order chi connectivity index (χ1) is 30.5. The van der Waals surface area contributed by atoms with Crippen LogP contribution in [0.15, 0.2) is 53.6 Å². The van der Waals surface area contributed by atoms with Crippen LogP contribution in [0, 0.1) is 29.6 Å². The number of esters is 1. The van der Waals surface area contributed by atoms with Gasteiger partial charge in [-0.05, 0) is 125 Å². The molecule has 3 aliphatic heterocycles. The Morgan fingerprint density at radius 3 is 2.34 bits per heavy atom. The molecular formula is C51H76N2O11. The largest absolute Gasteiger partial charge is 0.508 e. The van der Waals surface area contributed by atoms with Crippen molar-refractivity contribution in [2.45, 2.75) is 167 Å². The van der Waals surface area contributed by atoms with E-state index in [4.69, 9.17) is 29.4 Å². The molecule has 3 heterocycles. The lowest BCUT2D eigenvalue weighted by Gasteiger charge is -2.47. The number of aliphatic hydroxyl groups is 1. The number of amides is 1. The average Bonchev–Trinajstić information content (AvgIpc) is 3.28. The second-order valence-corrected chi connectivity index (χ2v) is 19.2. The van der Waals surface area contributed by atoms with Gasteiger partial charge in [-0.25, -0.2) is 4.79 Å². The summed E-state index contributed by atoms with van der Waals surface area (Å²) in [6.45, 7) is 12.3. The summed E-state index contributed by atoms with van der Waals surface area (Å²) in [4.78, 5) is 58.3. The van der Waals surface area contributed by atoms with E-state index in [0.717, 1.165) is 29.6 Å². The number of nitrogens with two attached hydrogens (primary N) is 1. The number of hydrogen-bond donors (Lipinski definition) is 3. The Kier molecular flexibility index (Phi) is 18.9. The van der Waals surface area contributed by atoms with Crippen LogP contribution in [0.2, 0.25) is 0 Å². The number of phenols is 1. The highest BCUT2D eigenvalue weighted by Gasteiger charge is 2.56. The Morgan fingerprint density at radius 2 is 1.66 bits per heavy atom. The van der Waals surface area contributed by atoms with Crippen LogP contribution in [0.1, 0.15) is 124 Å². The molecule has 13 heteroatoms. The maximum atomic E-state index is 14.5. The van der Waals surface area contributed by atoms with Gasteiger partial charge >= 0.3 is 5.97 Å². The van der Waals surface area contributed by atoms with Crippen molar-refractivity contribution in [3.8, 4) is 5.75 Å². The molecule has 64 heavy (non-hydrogen) atoms. The van der Waals surface area contributed by atoms with Crippen LogP contribution in [-0.4, -0.2) is 114 Å². The zero-order valence-corrected chi connectivity index (χ0v) is 39.5. The number of cyclic esters (lactones) is 1. The predicted molar refractivity (Wildman–Crippen MR) is 245 cm³/mol. The zero-order valence-electron chi connectivity index (χ0n) is 39.5. The van der Waals surface area contributed by atoms with Gasteiger partial charge in [0.2, 0.25) is 5.79 Å². The molecule has 4 aliphatic rings. The lowest BCUT2D eigenvalue weighted by molar-refractivity contribution is -0.302. The van der Waals surface area contributed by atoms with E-state index in [0.29, 0.717) is 58.0 Å². The van der Waals surface area contributed by atoms with Crippen molar-refractivity contribution in [2.75, 3.05) is 27.4 Å². The number of Topliss-reactive ketones (excluding diaryl/α,β-unsaturated/α-hetero) is 2. The molecule has 13 unspecified atom stereocenters. The molecule has 1 aliphatic carbocycles. The van der Waals surface area contributed by atoms with E-state index in [-0.39, 0.29) is 66.7 Å². The fourth-order valence-electron chi connectivity index (χ4n) is 10.3. The van der Waals surface area contributed by atoms with Crippen LogP contribution >= 0.6 is 0 Å². The summed E-state index contributed by atoms with van der Waals surface area (Å²) in [5.41, 5.74) is 9.42. The van der Waals surface area contributed by atoms with Crippen molar-refractivity contribution in [1.82, 2.24) is 4.90 Å². The minimum atomic E-state index is -2.48. The fourth-order valence-corrected chi connectivity index (χ4v) is 10.3. The first kappa shape index (κ1) is 51.3. The Morgan fingerprint density at radius 1 is 0.953 bits per heavy atom. The van der Waals surface area contributed by atoms with E-state index >= 15 is 0 Å². The minimum Gasteiger partial charge on any atom is -0.508 e. The number of phenolic OH excluding ortho intramolecular Hbond substituents is 1. The number of hydrogen-bond acceptors (Lipinski definition) is 12. The van der Waals surface area contributed by atoms with Crippen LogP contribution in [0.3, 0.4) is 0 Å². The summed E-state index contributed by atoms with van der Waals surface area (Å²) < 4.78 is 30.8. The Balaban J connectivity index is 1.43. The number of carbonyl (C=O) groups is 4. The summed E-state index contributed by atoms with van der Waals surface area (Å²) >= 11 is 0. The van der Waals surface area contributed by atoms with Crippen LogP contribution < -0.4 is 5.73 Å². The summed E-state index contributed by atoms with van der Waals surface area (Å²) in [7, 11) is 3.11.